The second-order valence-electron chi connectivity index (χ2n) is 11.5. The third kappa shape index (κ3) is 3.89. The molecular formula is C28H37N3O7. The van der Waals surface area contributed by atoms with Crippen LogP contribution in [0.15, 0.2) is 23.0 Å². The first-order valence-corrected chi connectivity index (χ1v) is 12.8. The number of nitrogens with two attached hydrogens (primary N) is 1. The number of aliphatic hydroxyl groups is 3. The number of aryl methyl sites for hydroxylation is 1. The number of ketones is 2. The van der Waals surface area contributed by atoms with E-state index in [1.54, 1.807) is 14.1 Å². The first-order valence-electron chi connectivity index (χ1n) is 12.8. The summed E-state index contributed by atoms with van der Waals surface area (Å²) in [5.41, 5.74) is 3.98. The van der Waals surface area contributed by atoms with E-state index < -0.39 is 58.0 Å². The van der Waals surface area contributed by atoms with Gasteiger partial charge in [-0.3, -0.25) is 19.3 Å². The van der Waals surface area contributed by atoms with Gasteiger partial charge in [-0.2, -0.15) is 0 Å². The number of fused-ring (bicyclic) bond motifs is 3. The van der Waals surface area contributed by atoms with Crippen LogP contribution in [0.1, 0.15) is 43.4 Å². The number of hydrogen-bond donors (Lipinski definition) is 5. The summed E-state index contributed by atoms with van der Waals surface area (Å²) in [6.07, 6.45) is 1.68. The number of Topliss-reactive ketones (excluding diaryl/α,β-unsaturated/α-hetero) is 2. The van der Waals surface area contributed by atoms with Crippen LogP contribution < -0.4 is 10.6 Å². The minimum Gasteiger partial charge on any atom is -0.508 e. The Bertz CT molecular complexity index is 1290. The summed E-state index contributed by atoms with van der Waals surface area (Å²) in [7, 11) is 6.87. The van der Waals surface area contributed by atoms with Crippen LogP contribution in [0.2, 0.25) is 0 Å². The van der Waals surface area contributed by atoms with E-state index in [0.29, 0.717) is 23.5 Å². The molecule has 4 rings (SSSR count). The van der Waals surface area contributed by atoms with Gasteiger partial charge in [-0.1, -0.05) is 13.8 Å². The van der Waals surface area contributed by atoms with Crippen LogP contribution in [0.4, 0.5) is 5.69 Å². The second kappa shape index (κ2) is 9.43. The summed E-state index contributed by atoms with van der Waals surface area (Å²) >= 11 is 0. The van der Waals surface area contributed by atoms with Gasteiger partial charge >= 0.3 is 0 Å². The molecule has 0 saturated heterocycles. The van der Waals surface area contributed by atoms with E-state index in [4.69, 9.17) is 5.73 Å². The number of carbonyl (C=O) groups is 3. The van der Waals surface area contributed by atoms with Crippen molar-refractivity contribution in [3.63, 3.8) is 0 Å². The molecule has 1 amide bonds. The molecule has 0 heterocycles. The quantitative estimate of drug-likeness (QED) is 0.346. The zero-order valence-corrected chi connectivity index (χ0v) is 22.7. The fraction of sp³-hybridized carbons (Fsp3) is 0.536. The smallest absolute Gasteiger partial charge is 0.255 e. The number of phenols is 1. The van der Waals surface area contributed by atoms with Crippen molar-refractivity contribution in [3.8, 4) is 5.75 Å². The van der Waals surface area contributed by atoms with E-state index >= 15 is 0 Å². The van der Waals surface area contributed by atoms with Crippen molar-refractivity contribution in [1.29, 1.82) is 0 Å². The maximum absolute atomic E-state index is 14.0. The maximum atomic E-state index is 14.0. The van der Waals surface area contributed by atoms with Crippen LogP contribution in [0.5, 0.6) is 5.75 Å². The van der Waals surface area contributed by atoms with E-state index in [9.17, 15) is 34.8 Å². The summed E-state index contributed by atoms with van der Waals surface area (Å²) in [6.45, 7) is 4.14. The van der Waals surface area contributed by atoms with Crippen LogP contribution in [-0.4, -0.2) is 82.6 Å². The summed E-state index contributed by atoms with van der Waals surface area (Å²) in [5, 5.41) is 45.5. The van der Waals surface area contributed by atoms with Crippen LogP contribution in [-0.2, 0) is 27.2 Å². The van der Waals surface area contributed by atoms with E-state index in [1.165, 1.54) is 4.90 Å². The number of benzene rings is 1. The van der Waals surface area contributed by atoms with Gasteiger partial charge in [0, 0.05) is 31.3 Å². The lowest BCUT2D eigenvalue weighted by Crippen LogP contribution is -2.65. The van der Waals surface area contributed by atoms with Crippen LogP contribution in [0.3, 0.4) is 0 Å². The first kappa shape index (κ1) is 27.7. The molecule has 1 unspecified atom stereocenters. The van der Waals surface area contributed by atoms with Gasteiger partial charge in [0.25, 0.3) is 5.91 Å². The van der Waals surface area contributed by atoms with Gasteiger partial charge in [0.15, 0.2) is 11.4 Å². The van der Waals surface area contributed by atoms with E-state index in [0.717, 1.165) is 12.1 Å². The summed E-state index contributed by atoms with van der Waals surface area (Å²) in [4.78, 5) is 42.7. The Hall–Kier alpha value is -3.37. The Kier molecular flexibility index (Phi) is 6.86. The van der Waals surface area contributed by atoms with Crippen LogP contribution in [0, 0.1) is 17.8 Å². The SMILES string of the molecule is CC(C)CCc1cc(N(C)C)c2c(c1O)C(O)=C1C(=O)[C@]3(O)C(O)=C(C(N)=O)C(=O)C(N(C)C)[C@@H]3C[C@@H]1C2. The molecule has 3 aliphatic rings. The first-order chi connectivity index (χ1) is 17.6. The highest BCUT2D eigenvalue weighted by Crippen LogP contribution is 2.54. The molecule has 3 aliphatic carbocycles. The van der Waals surface area contributed by atoms with Crippen molar-refractivity contribution in [2.75, 3.05) is 33.1 Å². The van der Waals surface area contributed by atoms with Crippen molar-refractivity contribution >= 4 is 28.9 Å². The number of hydrogen-bond acceptors (Lipinski definition) is 9. The molecule has 1 aromatic carbocycles. The molecule has 1 fully saturated rings. The van der Waals surface area contributed by atoms with E-state index in [-0.39, 0.29) is 29.7 Å². The number of anilines is 1. The molecule has 0 spiro atoms. The predicted molar refractivity (Wildman–Crippen MR) is 142 cm³/mol. The fourth-order valence-corrected chi connectivity index (χ4v) is 6.38. The van der Waals surface area contributed by atoms with Gasteiger partial charge < -0.3 is 31.1 Å². The minimum absolute atomic E-state index is 0.0640. The third-order valence-electron chi connectivity index (χ3n) is 8.25. The van der Waals surface area contributed by atoms with Gasteiger partial charge in [0.2, 0.25) is 5.78 Å². The largest absolute Gasteiger partial charge is 0.508 e. The number of primary amides is 1. The average Bonchev–Trinajstić information content (AvgIpc) is 2.80. The topological polar surface area (TPSA) is 165 Å². The molecule has 1 aromatic rings. The minimum atomic E-state index is -2.64. The molecule has 0 aromatic heterocycles. The summed E-state index contributed by atoms with van der Waals surface area (Å²) in [5.74, 6) is -6.02. The Balaban J connectivity index is 1.97. The number of phenolic OH excluding ortho intramolecular Hbond substituents is 1. The Labute approximate surface area is 222 Å². The molecule has 1 saturated carbocycles. The van der Waals surface area contributed by atoms with Gasteiger partial charge in [-0.05, 0) is 68.8 Å². The monoisotopic (exact) mass is 527 g/mol. The summed E-state index contributed by atoms with van der Waals surface area (Å²) < 4.78 is 0. The van der Waals surface area contributed by atoms with Crippen LogP contribution >= 0.6 is 0 Å². The lowest BCUT2D eigenvalue weighted by atomic mass is 9.57. The zero-order chi connectivity index (χ0) is 28.4. The van der Waals surface area contributed by atoms with Crippen molar-refractivity contribution < 1.29 is 34.8 Å². The van der Waals surface area contributed by atoms with Gasteiger partial charge in [0.05, 0.1) is 11.6 Å². The van der Waals surface area contributed by atoms with Gasteiger partial charge in [-0.25, -0.2) is 0 Å². The number of aliphatic hydroxyl groups excluding tert-OH is 2. The number of nitrogens with zero attached hydrogens (tertiary/aromatic N) is 2. The molecule has 206 valence electrons. The Morgan fingerprint density at radius 3 is 2.32 bits per heavy atom. The summed E-state index contributed by atoms with van der Waals surface area (Å²) in [6, 6.07) is 0.795. The highest BCUT2D eigenvalue weighted by molar-refractivity contribution is 6.24. The lowest BCUT2D eigenvalue weighted by molar-refractivity contribution is -0.153. The molecule has 0 bridgehead atoms. The third-order valence-corrected chi connectivity index (χ3v) is 8.25. The highest BCUT2D eigenvalue weighted by atomic mass is 16.3. The van der Waals surface area contributed by atoms with E-state index in [1.807, 2.05) is 25.1 Å². The molecule has 6 N–H and O–H groups in total. The fourth-order valence-electron chi connectivity index (χ4n) is 6.38. The van der Waals surface area contributed by atoms with Crippen LogP contribution in [0.25, 0.3) is 5.76 Å². The van der Waals surface area contributed by atoms with E-state index in [2.05, 4.69) is 13.8 Å². The Morgan fingerprint density at radius 2 is 1.79 bits per heavy atom. The van der Waals surface area contributed by atoms with Gasteiger partial charge in [0.1, 0.15) is 22.8 Å². The van der Waals surface area contributed by atoms with Crippen molar-refractivity contribution in [3.05, 3.63) is 39.7 Å². The second-order valence-corrected chi connectivity index (χ2v) is 11.5. The zero-order valence-electron chi connectivity index (χ0n) is 22.7. The van der Waals surface area contributed by atoms with Gasteiger partial charge in [-0.15, -0.1) is 0 Å². The molecular weight excluding hydrogens is 490 g/mol. The predicted octanol–water partition coefficient (Wildman–Crippen LogP) is 1.62. The average molecular weight is 528 g/mol. The number of aromatic hydroxyl groups is 1. The molecule has 10 nitrogen and oxygen atoms in total. The molecule has 4 atom stereocenters. The highest BCUT2D eigenvalue weighted by Gasteiger charge is 2.64. The standard InChI is InChI=1S/C28H37N3O7/c1-12(2)7-8-13-11-17(30(3)4)15-9-14-10-16-21(31(5)6)24(34)20(27(29)37)26(36)28(16,38)25(35)18(14)23(33)19(15)22(13)32/h11-12,14,16,21,32-33,36,38H,7-10H2,1-6H3,(H2,29,37)/t14-,16-,21?,28-/m0/s1. The Morgan fingerprint density at radius 1 is 1.16 bits per heavy atom. The lowest BCUT2D eigenvalue weighted by Gasteiger charge is -2.50. The number of likely N-dealkylation sites (N-methyl/N-ethyl adjacent to an activating group) is 1. The number of carbonyl (C=O) groups excluding carboxylic acids is 3. The van der Waals surface area contributed by atoms with Crippen molar-refractivity contribution in [2.24, 2.45) is 23.5 Å². The van der Waals surface area contributed by atoms with Crippen molar-refractivity contribution in [2.45, 2.75) is 51.2 Å². The number of amides is 1. The van der Waals surface area contributed by atoms with Crippen molar-refractivity contribution in [1.82, 2.24) is 4.90 Å². The molecule has 10 heteroatoms. The maximum Gasteiger partial charge on any atom is 0.255 e. The number of rotatable bonds is 6. The normalized spacial score (nSPS) is 27.0. The molecule has 0 aliphatic heterocycles. The molecule has 38 heavy (non-hydrogen) atoms. The molecule has 0 radical (unpaired) electrons.